The molecule has 162 valence electrons. The lowest BCUT2D eigenvalue weighted by molar-refractivity contribution is -0.274. The molecule has 2 heterocycles. The highest BCUT2D eigenvalue weighted by atomic mass is 32.1. The van der Waals surface area contributed by atoms with Crippen molar-refractivity contribution in [2.45, 2.75) is 19.7 Å². The van der Waals surface area contributed by atoms with Crippen molar-refractivity contribution in [2.24, 2.45) is 0 Å². The van der Waals surface area contributed by atoms with Crippen LogP contribution in [0.4, 0.5) is 18.3 Å². The van der Waals surface area contributed by atoms with Crippen LogP contribution in [0.2, 0.25) is 0 Å². The Morgan fingerprint density at radius 1 is 1.20 bits per heavy atom. The molecule has 0 saturated carbocycles. The number of carbonyl (C=O) groups is 2. The minimum Gasteiger partial charge on any atom is -0.406 e. The van der Waals surface area contributed by atoms with Crippen LogP contribution in [0.1, 0.15) is 20.9 Å². The summed E-state index contributed by atoms with van der Waals surface area (Å²) in [5.41, 5.74) is 5.64. The van der Waals surface area contributed by atoms with Crippen LogP contribution >= 0.6 is 11.3 Å². The van der Waals surface area contributed by atoms with Crippen molar-refractivity contribution in [3.63, 3.8) is 0 Å². The summed E-state index contributed by atoms with van der Waals surface area (Å²) in [5, 5.41) is 0.716. The molecule has 30 heavy (non-hydrogen) atoms. The first-order valence-corrected chi connectivity index (χ1v) is 9.77. The third-order valence-electron chi connectivity index (χ3n) is 4.11. The largest absolute Gasteiger partial charge is 0.573 e. The lowest BCUT2D eigenvalue weighted by atomic mass is 10.1. The highest BCUT2D eigenvalue weighted by Gasteiger charge is 2.31. The Labute approximate surface area is 174 Å². The van der Waals surface area contributed by atoms with E-state index in [2.05, 4.69) is 20.6 Å². The molecule has 0 spiro atoms. The van der Waals surface area contributed by atoms with Gasteiger partial charge in [0.15, 0.2) is 5.13 Å². The minimum atomic E-state index is -4.78. The Balaban J connectivity index is 1.51. The molecule has 0 bridgehead atoms. The van der Waals surface area contributed by atoms with E-state index in [1.807, 2.05) is 4.90 Å². The number of carbonyl (C=O) groups excluding carboxylic acids is 2. The summed E-state index contributed by atoms with van der Waals surface area (Å²) in [6.07, 6.45) is -4.91. The summed E-state index contributed by atoms with van der Waals surface area (Å²) in [7, 11) is 0. The van der Waals surface area contributed by atoms with E-state index in [0.717, 1.165) is 12.1 Å². The van der Waals surface area contributed by atoms with Gasteiger partial charge in [0.05, 0.1) is 25.3 Å². The molecule has 0 atom stereocenters. The predicted molar refractivity (Wildman–Crippen MR) is 102 cm³/mol. The molecule has 0 unspecified atom stereocenters. The second-order valence-corrected chi connectivity index (χ2v) is 7.36. The number of nitrogens with zero attached hydrogens (tertiary/aromatic N) is 2. The molecule has 1 aromatic heterocycles. The number of amides is 2. The summed E-state index contributed by atoms with van der Waals surface area (Å²) in [4.78, 5) is 31.2. The second-order valence-electron chi connectivity index (χ2n) is 6.38. The van der Waals surface area contributed by atoms with Crippen molar-refractivity contribution in [1.29, 1.82) is 0 Å². The monoisotopic (exact) mass is 444 g/mol. The standard InChI is InChI=1S/C18H19F3N4O4S/c1-11-15(30-17(22-11)25-6-8-28-9-7-25)16(27)24-23-14(26)10-12-2-4-13(5-3-12)29-18(19,20)21/h2-5H,6-10H2,1H3,(H,23,26)(H,24,27). The highest BCUT2D eigenvalue weighted by molar-refractivity contribution is 7.17. The number of ether oxygens (including phenoxy) is 2. The van der Waals surface area contributed by atoms with Crippen molar-refractivity contribution in [2.75, 3.05) is 31.2 Å². The van der Waals surface area contributed by atoms with Gasteiger partial charge in [0.25, 0.3) is 5.91 Å². The van der Waals surface area contributed by atoms with E-state index < -0.39 is 18.2 Å². The fourth-order valence-electron chi connectivity index (χ4n) is 2.70. The molecule has 1 aliphatic heterocycles. The molecule has 1 fully saturated rings. The number of morpholine rings is 1. The zero-order valence-electron chi connectivity index (χ0n) is 15.9. The van der Waals surface area contributed by atoms with Crippen LogP contribution in [0, 0.1) is 6.92 Å². The van der Waals surface area contributed by atoms with Crippen LogP contribution in [0.3, 0.4) is 0 Å². The number of hydrogen-bond acceptors (Lipinski definition) is 7. The van der Waals surface area contributed by atoms with E-state index in [1.54, 1.807) is 6.92 Å². The van der Waals surface area contributed by atoms with E-state index in [9.17, 15) is 22.8 Å². The summed E-state index contributed by atoms with van der Waals surface area (Å²) < 4.78 is 45.6. The normalized spacial score (nSPS) is 14.3. The summed E-state index contributed by atoms with van der Waals surface area (Å²) >= 11 is 1.23. The fraction of sp³-hybridized carbons (Fsp3) is 0.389. The van der Waals surface area contributed by atoms with E-state index in [-0.39, 0.29) is 12.2 Å². The minimum absolute atomic E-state index is 0.132. The number of hydrazine groups is 1. The topological polar surface area (TPSA) is 92.8 Å². The van der Waals surface area contributed by atoms with Crippen LogP contribution in [0.25, 0.3) is 0 Å². The number of thiazole rings is 1. The lowest BCUT2D eigenvalue weighted by Gasteiger charge is -2.25. The zero-order chi connectivity index (χ0) is 21.7. The van der Waals surface area contributed by atoms with Crippen LogP contribution in [-0.2, 0) is 16.0 Å². The van der Waals surface area contributed by atoms with Crippen LogP contribution < -0.4 is 20.5 Å². The molecule has 1 saturated heterocycles. The van der Waals surface area contributed by atoms with E-state index >= 15 is 0 Å². The molecule has 0 aliphatic carbocycles. The number of anilines is 1. The van der Waals surface area contributed by atoms with Gasteiger partial charge in [-0.05, 0) is 24.6 Å². The predicted octanol–water partition coefficient (Wildman–Crippen LogP) is 2.19. The SMILES string of the molecule is Cc1nc(N2CCOCC2)sc1C(=O)NNC(=O)Cc1ccc(OC(F)(F)F)cc1. The molecule has 12 heteroatoms. The van der Waals surface area contributed by atoms with Gasteiger partial charge in [0, 0.05) is 13.1 Å². The van der Waals surface area contributed by atoms with Gasteiger partial charge in [0.2, 0.25) is 5.91 Å². The number of alkyl halides is 3. The van der Waals surface area contributed by atoms with Gasteiger partial charge in [-0.1, -0.05) is 23.5 Å². The van der Waals surface area contributed by atoms with Crippen LogP contribution in [0.5, 0.6) is 5.75 Å². The average Bonchev–Trinajstić information content (AvgIpc) is 3.09. The molecule has 8 nitrogen and oxygen atoms in total. The van der Waals surface area contributed by atoms with E-state index in [0.29, 0.717) is 47.6 Å². The Hall–Kier alpha value is -2.86. The molecule has 3 rings (SSSR count). The Morgan fingerprint density at radius 3 is 2.50 bits per heavy atom. The first-order chi connectivity index (χ1) is 14.2. The van der Waals surface area contributed by atoms with Crippen molar-refractivity contribution in [3.8, 4) is 5.75 Å². The smallest absolute Gasteiger partial charge is 0.406 e. The Morgan fingerprint density at radius 2 is 1.87 bits per heavy atom. The fourth-order valence-corrected chi connectivity index (χ4v) is 3.72. The van der Waals surface area contributed by atoms with Crippen molar-refractivity contribution in [3.05, 3.63) is 40.4 Å². The Bertz CT molecular complexity index is 896. The number of hydrogen-bond donors (Lipinski definition) is 2. The zero-order valence-corrected chi connectivity index (χ0v) is 16.7. The summed E-state index contributed by atoms with van der Waals surface area (Å²) in [6, 6.07) is 4.90. The van der Waals surface area contributed by atoms with Crippen molar-refractivity contribution in [1.82, 2.24) is 15.8 Å². The number of halogens is 3. The number of aromatic nitrogens is 1. The third-order valence-corrected chi connectivity index (χ3v) is 5.33. The average molecular weight is 444 g/mol. The van der Waals surface area contributed by atoms with Gasteiger partial charge in [-0.3, -0.25) is 20.4 Å². The van der Waals surface area contributed by atoms with E-state index in [1.165, 1.54) is 23.5 Å². The number of nitrogens with one attached hydrogen (secondary N) is 2. The lowest BCUT2D eigenvalue weighted by Crippen LogP contribution is -2.42. The van der Waals surface area contributed by atoms with Crippen LogP contribution in [-0.4, -0.2) is 49.5 Å². The van der Waals surface area contributed by atoms with E-state index in [4.69, 9.17) is 4.74 Å². The van der Waals surface area contributed by atoms with Crippen molar-refractivity contribution < 1.29 is 32.2 Å². The summed E-state index contributed by atoms with van der Waals surface area (Å²) in [5.74, 6) is -1.40. The molecule has 2 aromatic rings. The second kappa shape index (κ2) is 9.30. The van der Waals surface area contributed by atoms with Crippen molar-refractivity contribution >= 4 is 28.3 Å². The Kier molecular flexibility index (Phi) is 6.77. The van der Waals surface area contributed by atoms with Gasteiger partial charge in [-0.2, -0.15) is 0 Å². The molecule has 1 aromatic carbocycles. The number of rotatable bonds is 5. The van der Waals surface area contributed by atoms with Gasteiger partial charge in [0.1, 0.15) is 10.6 Å². The first kappa shape index (κ1) is 21.8. The maximum absolute atomic E-state index is 12.4. The molecule has 2 N–H and O–H groups in total. The maximum Gasteiger partial charge on any atom is 0.573 e. The molecule has 2 amide bonds. The van der Waals surface area contributed by atoms with Gasteiger partial charge < -0.3 is 14.4 Å². The molecule has 1 aliphatic rings. The maximum atomic E-state index is 12.4. The van der Waals surface area contributed by atoms with Gasteiger partial charge >= 0.3 is 6.36 Å². The first-order valence-electron chi connectivity index (χ1n) is 8.95. The van der Waals surface area contributed by atoms with Crippen LogP contribution in [0.15, 0.2) is 24.3 Å². The highest BCUT2D eigenvalue weighted by Crippen LogP contribution is 2.26. The van der Waals surface area contributed by atoms with Gasteiger partial charge in [-0.25, -0.2) is 4.98 Å². The molecular weight excluding hydrogens is 425 g/mol. The third kappa shape index (κ3) is 6.07. The quantitative estimate of drug-likeness (QED) is 0.687. The number of aryl methyl sites for hydroxylation is 1. The molecular formula is C18H19F3N4O4S. The summed E-state index contributed by atoms with van der Waals surface area (Å²) in [6.45, 7) is 4.29. The van der Waals surface area contributed by atoms with Gasteiger partial charge in [-0.15, -0.1) is 13.2 Å². The number of benzene rings is 1. The molecule has 0 radical (unpaired) electrons.